The Labute approximate surface area is 205 Å². The van der Waals surface area contributed by atoms with Gasteiger partial charge in [0.2, 0.25) is 5.91 Å². The summed E-state index contributed by atoms with van der Waals surface area (Å²) in [5, 5.41) is 14.8. The fourth-order valence-electron chi connectivity index (χ4n) is 4.15. The van der Waals surface area contributed by atoms with Gasteiger partial charge in [-0.1, -0.05) is 26.0 Å². The smallest absolute Gasteiger partial charge is 0.226 e. The predicted octanol–water partition coefficient (Wildman–Crippen LogP) is 6.49. The molecule has 5 heterocycles. The summed E-state index contributed by atoms with van der Waals surface area (Å²) in [5.41, 5.74) is 7.23. The monoisotopic (exact) mass is 478 g/mol. The molecule has 172 valence electrons. The van der Waals surface area contributed by atoms with Crippen LogP contribution in [-0.2, 0) is 4.79 Å². The number of anilines is 1. The summed E-state index contributed by atoms with van der Waals surface area (Å²) < 4.78 is 0. The Morgan fingerprint density at radius 1 is 1.03 bits per heavy atom. The van der Waals surface area contributed by atoms with Gasteiger partial charge in [0.15, 0.2) is 0 Å². The second-order valence-corrected chi connectivity index (χ2v) is 9.67. The lowest BCUT2D eigenvalue weighted by molar-refractivity contribution is -0.118. The molecule has 7 nitrogen and oxygen atoms in total. The number of aromatic nitrogens is 5. The van der Waals surface area contributed by atoms with E-state index in [1.807, 2.05) is 44.3 Å². The van der Waals surface area contributed by atoms with E-state index in [4.69, 9.17) is 0 Å². The van der Waals surface area contributed by atoms with E-state index in [1.54, 1.807) is 23.7 Å². The van der Waals surface area contributed by atoms with E-state index >= 15 is 0 Å². The van der Waals surface area contributed by atoms with E-state index in [2.05, 4.69) is 60.1 Å². The van der Waals surface area contributed by atoms with Gasteiger partial charge < -0.3 is 10.3 Å². The van der Waals surface area contributed by atoms with Crippen LogP contribution in [0.4, 0.5) is 5.69 Å². The van der Waals surface area contributed by atoms with E-state index in [-0.39, 0.29) is 11.8 Å². The first-order valence-electron chi connectivity index (χ1n) is 11.3. The van der Waals surface area contributed by atoms with Crippen molar-refractivity contribution in [3.05, 3.63) is 72.5 Å². The number of fused-ring (bicyclic) bond motifs is 2. The molecule has 0 atom stereocenters. The Morgan fingerprint density at radius 3 is 2.77 bits per heavy atom. The molecule has 0 radical (unpaired) electrons. The van der Waals surface area contributed by atoms with Crippen LogP contribution < -0.4 is 5.32 Å². The van der Waals surface area contributed by atoms with Crippen molar-refractivity contribution in [2.45, 2.75) is 13.8 Å². The van der Waals surface area contributed by atoms with Gasteiger partial charge in [-0.2, -0.15) is 5.10 Å². The Kier molecular flexibility index (Phi) is 5.15. The topological polar surface area (TPSA) is 99.3 Å². The maximum atomic E-state index is 12.1. The van der Waals surface area contributed by atoms with Crippen molar-refractivity contribution in [1.82, 2.24) is 25.1 Å². The highest BCUT2D eigenvalue weighted by molar-refractivity contribution is 7.13. The molecule has 0 aliphatic carbocycles. The summed E-state index contributed by atoms with van der Waals surface area (Å²) in [6.07, 6.45) is 5.29. The number of H-pyrrole nitrogens is 2. The normalized spacial score (nSPS) is 11.5. The van der Waals surface area contributed by atoms with Gasteiger partial charge in [0.1, 0.15) is 11.3 Å². The number of hydrogen-bond donors (Lipinski definition) is 3. The minimum Gasteiger partial charge on any atom is -0.338 e. The summed E-state index contributed by atoms with van der Waals surface area (Å²) in [7, 11) is 0. The molecule has 5 aromatic heterocycles. The summed E-state index contributed by atoms with van der Waals surface area (Å²) in [6, 6.07) is 16.4. The molecule has 8 heteroatoms. The minimum absolute atomic E-state index is 0.0362. The highest BCUT2D eigenvalue weighted by Gasteiger charge is 2.15. The summed E-state index contributed by atoms with van der Waals surface area (Å²) in [6.45, 7) is 3.73. The van der Waals surface area contributed by atoms with Gasteiger partial charge in [-0.25, -0.2) is 4.98 Å². The van der Waals surface area contributed by atoms with Crippen molar-refractivity contribution < 1.29 is 4.79 Å². The average Bonchev–Trinajstić information content (AvgIpc) is 3.62. The number of nitrogens with one attached hydrogen (secondary N) is 3. The molecule has 35 heavy (non-hydrogen) atoms. The third kappa shape index (κ3) is 3.87. The van der Waals surface area contributed by atoms with Gasteiger partial charge in [-0.3, -0.25) is 14.9 Å². The largest absolute Gasteiger partial charge is 0.338 e. The number of hydrogen-bond acceptors (Lipinski definition) is 5. The van der Waals surface area contributed by atoms with Crippen LogP contribution in [0.5, 0.6) is 0 Å². The number of thiophene rings is 1. The lowest BCUT2D eigenvalue weighted by atomic mass is 10.0. The van der Waals surface area contributed by atoms with E-state index in [0.29, 0.717) is 5.69 Å². The van der Waals surface area contributed by atoms with Gasteiger partial charge in [-0.05, 0) is 47.3 Å². The number of amides is 1. The first-order valence-corrected chi connectivity index (χ1v) is 12.2. The van der Waals surface area contributed by atoms with Crippen LogP contribution in [0.2, 0.25) is 0 Å². The molecule has 6 aromatic rings. The highest BCUT2D eigenvalue weighted by atomic mass is 32.1. The fraction of sp³-hybridized carbons (Fsp3) is 0.111. The maximum absolute atomic E-state index is 12.1. The fourth-order valence-corrected chi connectivity index (χ4v) is 4.92. The van der Waals surface area contributed by atoms with Crippen LogP contribution in [-0.4, -0.2) is 31.1 Å². The molecule has 0 bridgehead atoms. The van der Waals surface area contributed by atoms with Gasteiger partial charge in [0.05, 0.1) is 23.1 Å². The third-order valence-corrected chi connectivity index (χ3v) is 6.90. The average molecular weight is 479 g/mol. The minimum atomic E-state index is -0.102. The first-order chi connectivity index (χ1) is 17.1. The van der Waals surface area contributed by atoms with E-state index in [9.17, 15) is 4.79 Å². The van der Waals surface area contributed by atoms with Gasteiger partial charge in [-0.15, -0.1) is 11.3 Å². The number of aromatic amines is 2. The van der Waals surface area contributed by atoms with Crippen LogP contribution in [0.3, 0.4) is 0 Å². The molecule has 0 aliphatic heterocycles. The van der Waals surface area contributed by atoms with Gasteiger partial charge >= 0.3 is 0 Å². The lowest BCUT2D eigenvalue weighted by Crippen LogP contribution is -2.17. The quantitative estimate of drug-likeness (QED) is 0.264. The molecule has 3 N–H and O–H groups in total. The zero-order valence-corrected chi connectivity index (χ0v) is 20.0. The highest BCUT2D eigenvalue weighted by Crippen LogP contribution is 2.36. The number of benzene rings is 1. The molecule has 1 amide bonds. The molecule has 0 fully saturated rings. The lowest BCUT2D eigenvalue weighted by Gasteiger charge is -2.09. The molecule has 0 aliphatic rings. The van der Waals surface area contributed by atoms with E-state index < -0.39 is 0 Å². The summed E-state index contributed by atoms with van der Waals surface area (Å²) in [5.74, 6) is -0.138. The Bertz CT molecular complexity index is 1680. The van der Waals surface area contributed by atoms with Crippen LogP contribution in [0.25, 0.3) is 54.9 Å². The Morgan fingerprint density at radius 2 is 1.94 bits per heavy atom. The van der Waals surface area contributed by atoms with Crippen molar-refractivity contribution in [1.29, 1.82) is 0 Å². The molecule has 0 saturated carbocycles. The van der Waals surface area contributed by atoms with Crippen LogP contribution >= 0.6 is 11.3 Å². The predicted molar refractivity (Wildman–Crippen MR) is 141 cm³/mol. The number of carbonyl (C=O) groups is 1. The van der Waals surface area contributed by atoms with Gasteiger partial charge in [0, 0.05) is 45.1 Å². The molecular weight excluding hydrogens is 456 g/mol. The number of nitrogens with zero attached hydrogens (tertiary/aromatic N) is 3. The van der Waals surface area contributed by atoms with Crippen LogP contribution in [0.1, 0.15) is 13.8 Å². The summed E-state index contributed by atoms with van der Waals surface area (Å²) in [4.78, 5) is 25.6. The van der Waals surface area contributed by atoms with Crippen LogP contribution in [0.15, 0.2) is 72.5 Å². The summed E-state index contributed by atoms with van der Waals surface area (Å²) >= 11 is 1.71. The van der Waals surface area contributed by atoms with Crippen molar-refractivity contribution in [2.24, 2.45) is 5.92 Å². The third-order valence-electron chi connectivity index (χ3n) is 6.00. The van der Waals surface area contributed by atoms with Crippen molar-refractivity contribution in [3.63, 3.8) is 0 Å². The number of rotatable bonds is 5. The Balaban J connectivity index is 1.41. The van der Waals surface area contributed by atoms with Crippen LogP contribution in [0, 0.1) is 5.92 Å². The second-order valence-electron chi connectivity index (χ2n) is 8.72. The molecule has 0 saturated heterocycles. The van der Waals surface area contributed by atoms with Crippen molar-refractivity contribution in [2.75, 3.05) is 5.32 Å². The van der Waals surface area contributed by atoms with E-state index in [1.165, 1.54) is 4.88 Å². The SMILES string of the molecule is CC(C)C(=O)Nc1cncc(-c2ccc3[nH]nc(-c4cc5c(-c6cccs6)ccnc5[nH]4)c3c2)c1. The molecule has 0 unspecified atom stereocenters. The van der Waals surface area contributed by atoms with Crippen molar-refractivity contribution >= 4 is 44.9 Å². The molecule has 0 spiro atoms. The number of carbonyl (C=O) groups excluding carboxylic acids is 1. The maximum Gasteiger partial charge on any atom is 0.226 e. The van der Waals surface area contributed by atoms with Crippen molar-refractivity contribution in [3.8, 4) is 33.0 Å². The second kappa shape index (κ2) is 8.48. The van der Waals surface area contributed by atoms with E-state index in [0.717, 1.165) is 50.0 Å². The van der Waals surface area contributed by atoms with Gasteiger partial charge in [0.25, 0.3) is 0 Å². The zero-order chi connectivity index (χ0) is 23.9. The number of pyridine rings is 2. The standard InChI is InChI=1S/C27H22N6OS/c1-15(2)27(34)30-18-10-17(13-28-14-18)16-5-6-22-21(11-16)25(33-32-22)23-12-20-19(24-4-3-9-35-24)7-8-29-26(20)31-23/h3-15H,1-2H3,(H,29,31)(H,30,34)(H,32,33). The zero-order valence-electron chi connectivity index (χ0n) is 19.2. The molecule has 6 rings (SSSR count). The molecular formula is C27H22N6OS. The molecule has 1 aromatic carbocycles. The Hall–Kier alpha value is -4.30. The first kappa shape index (κ1) is 21.2.